The maximum Gasteiger partial charge on any atom is 0.171 e. The molecule has 1 aliphatic rings. The summed E-state index contributed by atoms with van der Waals surface area (Å²) in [6, 6.07) is 10.3. The number of hydrogen-bond donors (Lipinski definition) is 2. The Balaban J connectivity index is 1.69. The molecule has 3 nitrogen and oxygen atoms in total. The van der Waals surface area contributed by atoms with E-state index in [9.17, 15) is 0 Å². The van der Waals surface area contributed by atoms with E-state index in [4.69, 9.17) is 23.8 Å². The minimum absolute atomic E-state index is 0.108. The third-order valence-electron chi connectivity index (χ3n) is 5.13. The highest BCUT2D eigenvalue weighted by Gasteiger charge is 2.33. The molecular weight excluding hydrogens is 430 g/mol. The van der Waals surface area contributed by atoms with Crippen molar-refractivity contribution in [3.8, 4) is 0 Å². The van der Waals surface area contributed by atoms with E-state index in [0.717, 1.165) is 27.4 Å². The number of hydrogen-bond acceptors (Lipinski definition) is 2. The van der Waals surface area contributed by atoms with Crippen molar-refractivity contribution in [2.24, 2.45) is 0 Å². The predicted molar refractivity (Wildman–Crippen MR) is 117 cm³/mol. The van der Waals surface area contributed by atoms with E-state index in [0.29, 0.717) is 5.11 Å². The second kappa shape index (κ2) is 8.68. The highest BCUT2D eigenvalue weighted by Crippen LogP contribution is 2.39. The molecular formula is C20H23BrClN3S. The van der Waals surface area contributed by atoms with Crippen LogP contribution in [0.2, 0.25) is 5.02 Å². The number of rotatable bonds is 4. The summed E-state index contributed by atoms with van der Waals surface area (Å²) >= 11 is 15.0. The van der Waals surface area contributed by atoms with Crippen LogP contribution in [-0.2, 0) is 5.41 Å². The van der Waals surface area contributed by atoms with Gasteiger partial charge in [0.05, 0.1) is 0 Å². The fourth-order valence-electron chi connectivity index (χ4n) is 3.67. The molecule has 0 aliphatic heterocycles. The summed E-state index contributed by atoms with van der Waals surface area (Å²) in [6.07, 6.45) is 7.91. The molecule has 0 spiro atoms. The van der Waals surface area contributed by atoms with Gasteiger partial charge >= 0.3 is 0 Å². The molecule has 2 N–H and O–H groups in total. The van der Waals surface area contributed by atoms with E-state index in [-0.39, 0.29) is 5.41 Å². The Morgan fingerprint density at radius 2 is 1.92 bits per heavy atom. The van der Waals surface area contributed by atoms with Gasteiger partial charge in [0.25, 0.3) is 0 Å². The minimum Gasteiger partial charge on any atom is -0.362 e. The molecule has 0 saturated heterocycles. The lowest BCUT2D eigenvalue weighted by atomic mass is 9.69. The third-order valence-corrected chi connectivity index (χ3v) is 6.06. The van der Waals surface area contributed by atoms with Gasteiger partial charge < -0.3 is 10.6 Å². The smallest absolute Gasteiger partial charge is 0.171 e. The number of aromatic nitrogens is 1. The summed E-state index contributed by atoms with van der Waals surface area (Å²) in [5.41, 5.74) is 2.50. The Morgan fingerprint density at radius 1 is 1.23 bits per heavy atom. The van der Waals surface area contributed by atoms with Crippen molar-refractivity contribution in [1.29, 1.82) is 0 Å². The van der Waals surface area contributed by atoms with E-state index in [2.05, 4.69) is 43.7 Å². The Bertz CT molecular complexity index is 773. The van der Waals surface area contributed by atoms with Crippen LogP contribution in [0.4, 0.5) is 5.82 Å². The fourth-order valence-corrected chi connectivity index (χ4v) is 4.41. The minimum atomic E-state index is 0.108. The number of pyridine rings is 1. The van der Waals surface area contributed by atoms with Gasteiger partial charge in [0.2, 0.25) is 0 Å². The second-order valence-corrected chi connectivity index (χ2v) is 8.73. The van der Waals surface area contributed by atoms with E-state index in [1.165, 1.54) is 37.7 Å². The summed E-state index contributed by atoms with van der Waals surface area (Å²) in [4.78, 5) is 4.40. The number of nitrogens with zero attached hydrogens (tertiary/aromatic N) is 1. The van der Waals surface area contributed by atoms with Crippen molar-refractivity contribution in [2.75, 3.05) is 11.9 Å². The SMILES string of the molecule is Cc1cc(Br)cnc1NC(=S)NCC1(c2ccc(Cl)cc2)CCCCC1. The van der Waals surface area contributed by atoms with Crippen molar-refractivity contribution in [2.45, 2.75) is 44.4 Å². The molecule has 0 unspecified atom stereocenters. The van der Waals surface area contributed by atoms with Crippen LogP contribution < -0.4 is 10.6 Å². The van der Waals surface area contributed by atoms with E-state index in [1.54, 1.807) is 6.20 Å². The monoisotopic (exact) mass is 451 g/mol. The maximum atomic E-state index is 6.08. The van der Waals surface area contributed by atoms with Gasteiger partial charge in [-0.15, -0.1) is 0 Å². The zero-order chi connectivity index (χ0) is 18.6. The first-order chi connectivity index (χ1) is 12.5. The topological polar surface area (TPSA) is 37.0 Å². The number of anilines is 1. The molecule has 138 valence electrons. The van der Waals surface area contributed by atoms with Crippen LogP contribution in [-0.4, -0.2) is 16.6 Å². The molecule has 2 aromatic rings. The van der Waals surface area contributed by atoms with Crippen LogP contribution >= 0.6 is 39.7 Å². The number of thiocarbonyl (C=S) groups is 1. The van der Waals surface area contributed by atoms with Crippen LogP contribution in [0.5, 0.6) is 0 Å². The van der Waals surface area contributed by atoms with Crippen molar-refractivity contribution < 1.29 is 0 Å². The third kappa shape index (κ3) is 4.76. The highest BCUT2D eigenvalue weighted by atomic mass is 79.9. The van der Waals surface area contributed by atoms with Gasteiger partial charge in [-0.05, 0) is 77.2 Å². The molecule has 3 rings (SSSR count). The highest BCUT2D eigenvalue weighted by molar-refractivity contribution is 9.10. The van der Waals surface area contributed by atoms with Crippen molar-refractivity contribution in [3.63, 3.8) is 0 Å². The van der Waals surface area contributed by atoms with Crippen LogP contribution in [0.15, 0.2) is 41.0 Å². The molecule has 1 aromatic heterocycles. The number of aryl methyl sites for hydroxylation is 1. The summed E-state index contributed by atoms with van der Waals surface area (Å²) in [7, 11) is 0. The van der Waals surface area contributed by atoms with Gasteiger partial charge in [-0.3, -0.25) is 0 Å². The Kier molecular flexibility index (Phi) is 6.54. The molecule has 1 aromatic carbocycles. The standard InChI is InChI=1S/C20H23BrClN3S/c1-14-11-16(21)12-23-18(14)25-19(26)24-13-20(9-3-2-4-10-20)15-5-7-17(22)8-6-15/h5-8,11-12H,2-4,9-10,13H2,1H3,(H2,23,24,25,26). The van der Waals surface area contributed by atoms with E-state index in [1.807, 2.05) is 25.1 Å². The number of halogens is 2. The molecule has 1 saturated carbocycles. The molecule has 1 heterocycles. The van der Waals surface area contributed by atoms with Crippen LogP contribution in [0.25, 0.3) is 0 Å². The molecule has 26 heavy (non-hydrogen) atoms. The Labute approximate surface area is 174 Å². The summed E-state index contributed by atoms with van der Waals surface area (Å²) in [5, 5.41) is 8.05. The summed E-state index contributed by atoms with van der Waals surface area (Å²) in [6.45, 7) is 2.83. The summed E-state index contributed by atoms with van der Waals surface area (Å²) in [5.74, 6) is 0.787. The quantitative estimate of drug-likeness (QED) is 0.558. The lowest BCUT2D eigenvalue weighted by molar-refractivity contribution is 0.292. The fraction of sp³-hybridized carbons (Fsp3) is 0.400. The first-order valence-corrected chi connectivity index (χ1v) is 10.5. The normalized spacial score (nSPS) is 16.1. The van der Waals surface area contributed by atoms with Crippen LogP contribution in [0, 0.1) is 6.92 Å². The largest absolute Gasteiger partial charge is 0.362 e. The summed E-state index contributed by atoms with van der Waals surface area (Å²) < 4.78 is 0.961. The van der Waals surface area contributed by atoms with Gasteiger partial charge in [0.1, 0.15) is 5.82 Å². The lowest BCUT2D eigenvalue weighted by Gasteiger charge is -2.38. The van der Waals surface area contributed by atoms with E-state index < -0.39 is 0 Å². The predicted octanol–water partition coefficient (Wildman–Crippen LogP) is 5.99. The van der Waals surface area contributed by atoms with Crippen molar-refractivity contribution >= 4 is 50.7 Å². The molecule has 0 bridgehead atoms. The lowest BCUT2D eigenvalue weighted by Crippen LogP contribution is -2.43. The van der Waals surface area contributed by atoms with E-state index >= 15 is 0 Å². The van der Waals surface area contributed by atoms with Crippen LogP contribution in [0.3, 0.4) is 0 Å². The molecule has 6 heteroatoms. The Morgan fingerprint density at radius 3 is 2.58 bits per heavy atom. The van der Waals surface area contributed by atoms with Gasteiger partial charge in [-0.25, -0.2) is 4.98 Å². The zero-order valence-corrected chi connectivity index (χ0v) is 18.0. The maximum absolute atomic E-state index is 6.08. The Hall–Kier alpha value is -1.17. The van der Waals surface area contributed by atoms with Gasteiger partial charge in [-0.1, -0.05) is 43.0 Å². The molecule has 1 aliphatic carbocycles. The molecule has 0 atom stereocenters. The van der Waals surface area contributed by atoms with Gasteiger partial charge in [0.15, 0.2) is 5.11 Å². The molecule has 0 radical (unpaired) electrons. The second-order valence-electron chi connectivity index (χ2n) is 6.97. The number of benzene rings is 1. The van der Waals surface area contributed by atoms with Crippen molar-refractivity contribution in [3.05, 3.63) is 57.2 Å². The molecule has 1 fully saturated rings. The van der Waals surface area contributed by atoms with Crippen LogP contribution in [0.1, 0.15) is 43.2 Å². The van der Waals surface area contributed by atoms with Gasteiger partial charge in [0, 0.05) is 27.7 Å². The zero-order valence-electron chi connectivity index (χ0n) is 14.8. The average Bonchev–Trinajstić information content (AvgIpc) is 2.64. The average molecular weight is 453 g/mol. The first kappa shape index (κ1) is 19.6. The number of nitrogens with one attached hydrogen (secondary N) is 2. The first-order valence-electron chi connectivity index (χ1n) is 8.92. The van der Waals surface area contributed by atoms with Gasteiger partial charge in [-0.2, -0.15) is 0 Å². The molecule has 0 amide bonds. The van der Waals surface area contributed by atoms with Crippen molar-refractivity contribution in [1.82, 2.24) is 10.3 Å².